The molecule has 0 radical (unpaired) electrons. The standard InChI is InChI=1S/C16H11Cl2N3OS/c17-12-7-5-10(6-8-12)14-15(23-21-20-14)16(22)19-9-11-3-1-2-4-13(11)18/h1-8H,9H2,(H,19,22). The molecule has 0 atom stereocenters. The van der Waals surface area contributed by atoms with Crippen LogP contribution in [0.4, 0.5) is 0 Å². The van der Waals surface area contributed by atoms with E-state index in [1.54, 1.807) is 18.2 Å². The van der Waals surface area contributed by atoms with E-state index >= 15 is 0 Å². The molecule has 23 heavy (non-hydrogen) atoms. The van der Waals surface area contributed by atoms with Gasteiger partial charge in [0.25, 0.3) is 5.91 Å². The van der Waals surface area contributed by atoms with Crippen LogP contribution >= 0.6 is 34.7 Å². The van der Waals surface area contributed by atoms with Crippen molar-refractivity contribution in [3.8, 4) is 11.3 Å². The van der Waals surface area contributed by atoms with Crippen LogP contribution in [-0.4, -0.2) is 15.5 Å². The Morgan fingerprint density at radius 2 is 1.83 bits per heavy atom. The number of carbonyl (C=O) groups excluding carboxylic acids is 1. The maximum Gasteiger partial charge on any atom is 0.265 e. The molecule has 2 aromatic carbocycles. The second-order valence-electron chi connectivity index (χ2n) is 4.73. The number of halogens is 2. The van der Waals surface area contributed by atoms with E-state index in [-0.39, 0.29) is 5.91 Å². The van der Waals surface area contributed by atoms with Gasteiger partial charge in [0.15, 0.2) is 0 Å². The summed E-state index contributed by atoms with van der Waals surface area (Å²) in [5, 5.41) is 8.14. The van der Waals surface area contributed by atoms with Crippen molar-refractivity contribution >= 4 is 40.6 Å². The molecule has 1 amide bonds. The molecule has 0 saturated heterocycles. The molecular formula is C16H11Cl2N3OS. The van der Waals surface area contributed by atoms with E-state index in [2.05, 4.69) is 14.9 Å². The first kappa shape index (κ1) is 15.9. The van der Waals surface area contributed by atoms with Gasteiger partial charge in [0.05, 0.1) is 0 Å². The lowest BCUT2D eigenvalue weighted by molar-refractivity contribution is 0.0955. The van der Waals surface area contributed by atoms with Gasteiger partial charge >= 0.3 is 0 Å². The minimum absolute atomic E-state index is 0.232. The van der Waals surface area contributed by atoms with Crippen molar-refractivity contribution in [2.45, 2.75) is 6.54 Å². The van der Waals surface area contributed by atoms with E-state index in [9.17, 15) is 4.79 Å². The summed E-state index contributed by atoms with van der Waals surface area (Å²) in [6.45, 7) is 0.344. The highest BCUT2D eigenvalue weighted by molar-refractivity contribution is 7.08. The number of amides is 1. The summed E-state index contributed by atoms with van der Waals surface area (Å²) in [6, 6.07) is 14.5. The van der Waals surface area contributed by atoms with Gasteiger partial charge in [-0.25, -0.2) is 0 Å². The zero-order chi connectivity index (χ0) is 16.2. The molecule has 0 spiro atoms. The number of hydrogen-bond donors (Lipinski definition) is 1. The lowest BCUT2D eigenvalue weighted by atomic mass is 10.1. The molecule has 0 aliphatic carbocycles. The highest BCUT2D eigenvalue weighted by atomic mass is 35.5. The van der Waals surface area contributed by atoms with Crippen LogP contribution in [0.3, 0.4) is 0 Å². The molecule has 7 heteroatoms. The minimum atomic E-state index is -0.232. The van der Waals surface area contributed by atoms with Gasteiger partial charge in [0.1, 0.15) is 10.6 Å². The number of nitrogens with one attached hydrogen (secondary N) is 1. The fourth-order valence-electron chi connectivity index (χ4n) is 2.03. The Balaban J connectivity index is 1.77. The predicted octanol–water partition coefficient (Wildman–Crippen LogP) is 4.44. The van der Waals surface area contributed by atoms with Crippen molar-refractivity contribution in [2.24, 2.45) is 0 Å². The molecule has 1 aromatic heterocycles. The van der Waals surface area contributed by atoms with Gasteiger partial charge in [-0.15, -0.1) is 5.10 Å². The molecular weight excluding hydrogens is 353 g/mol. The SMILES string of the molecule is O=C(NCc1ccccc1Cl)c1snnc1-c1ccc(Cl)cc1. The first-order valence-corrected chi connectivity index (χ1v) is 8.28. The molecule has 0 aliphatic heterocycles. The number of nitrogens with zero attached hydrogens (tertiary/aromatic N) is 2. The average Bonchev–Trinajstić information content (AvgIpc) is 3.04. The van der Waals surface area contributed by atoms with Crippen LogP contribution in [0.5, 0.6) is 0 Å². The third-order valence-corrected chi connectivity index (χ3v) is 4.55. The number of rotatable bonds is 4. The molecule has 4 nitrogen and oxygen atoms in total. The fraction of sp³-hybridized carbons (Fsp3) is 0.0625. The van der Waals surface area contributed by atoms with E-state index in [1.807, 2.05) is 30.3 Å². The topological polar surface area (TPSA) is 54.9 Å². The molecule has 0 saturated carbocycles. The van der Waals surface area contributed by atoms with Crippen molar-refractivity contribution in [1.29, 1.82) is 0 Å². The van der Waals surface area contributed by atoms with Crippen LogP contribution in [0.1, 0.15) is 15.2 Å². The summed E-state index contributed by atoms with van der Waals surface area (Å²) in [4.78, 5) is 12.9. The zero-order valence-electron chi connectivity index (χ0n) is 11.8. The molecule has 0 aliphatic rings. The Bertz CT molecular complexity index is 833. The van der Waals surface area contributed by atoms with Gasteiger partial charge in [-0.1, -0.05) is 58.0 Å². The van der Waals surface area contributed by atoms with E-state index in [0.717, 1.165) is 22.7 Å². The molecule has 1 heterocycles. The van der Waals surface area contributed by atoms with E-state index in [4.69, 9.17) is 23.2 Å². The summed E-state index contributed by atoms with van der Waals surface area (Å²) in [5.41, 5.74) is 2.20. The summed E-state index contributed by atoms with van der Waals surface area (Å²) in [7, 11) is 0. The predicted molar refractivity (Wildman–Crippen MR) is 93.0 cm³/mol. The monoisotopic (exact) mass is 363 g/mol. The Hall–Kier alpha value is -1.95. The third kappa shape index (κ3) is 3.69. The van der Waals surface area contributed by atoms with Gasteiger partial charge in [0, 0.05) is 22.2 Å². The molecule has 0 unspecified atom stereocenters. The highest BCUT2D eigenvalue weighted by Crippen LogP contribution is 2.25. The summed E-state index contributed by atoms with van der Waals surface area (Å²) < 4.78 is 3.89. The van der Waals surface area contributed by atoms with E-state index in [1.165, 1.54) is 0 Å². The van der Waals surface area contributed by atoms with Crippen LogP contribution in [0, 0.1) is 0 Å². The lowest BCUT2D eigenvalue weighted by Gasteiger charge is -2.06. The van der Waals surface area contributed by atoms with Crippen molar-refractivity contribution in [2.75, 3.05) is 0 Å². The smallest absolute Gasteiger partial charge is 0.265 e. The summed E-state index contributed by atoms with van der Waals surface area (Å²) in [6.07, 6.45) is 0. The molecule has 3 rings (SSSR count). The quantitative estimate of drug-likeness (QED) is 0.745. The van der Waals surface area contributed by atoms with Crippen molar-refractivity contribution in [1.82, 2.24) is 14.9 Å². The largest absolute Gasteiger partial charge is 0.347 e. The number of carbonyl (C=O) groups is 1. The Morgan fingerprint density at radius 3 is 2.57 bits per heavy atom. The number of benzene rings is 2. The van der Waals surface area contributed by atoms with Crippen LogP contribution in [0.2, 0.25) is 10.0 Å². The van der Waals surface area contributed by atoms with Gasteiger partial charge in [-0.05, 0) is 35.3 Å². The van der Waals surface area contributed by atoms with E-state index < -0.39 is 0 Å². The van der Waals surface area contributed by atoms with Gasteiger partial charge in [-0.3, -0.25) is 4.79 Å². The first-order valence-electron chi connectivity index (χ1n) is 6.75. The van der Waals surface area contributed by atoms with Crippen molar-refractivity contribution < 1.29 is 4.79 Å². The maximum absolute atomic E-state index is 12.4. The van der Waals surface area contributed by atoms with Gasteiger partial charge in [0.2, 0.25) is 0 Å². The van der Waals surface area contributed by atoms with Crippen LogP contribution < -0.4 is 5.32 Å². The second-order valence-corrected chi connectivity index (χ2v) is 6.33. The molecule has 0 fully saturated rings. The lowest BCUT2D eigenvalue weighted by Crippen LogP contribution is -2.22. The zero-order valence-corrected chi connectivity index (χ0v) is 14.1. The van der Waals surface area contributed by atoms with Gasteiger partial charge in [-0.2, -0.15) is 0 Å². The van der Waals surface area contributed by atoms with Crippen LogP contribution in [-0.2, 0) is 6.54 Å². The fourth-order valence-corrected chi connectivity index (χ4v) is 2.97. The average molecular weight is 364 g/mol. The Morgan fingerprint density at radius 1 is 1.09 bits per heavy atom. The molecule has 116 valence electrons. The maximum atomic E-state index is 12.4. The number of hydrogen-bond acceptors (Lipinski definition) is 4. The molecule has 3 aromatic rings. The third-order valence-electron chi connectivity index (χ3n) is 3.21. The summed E-state index contributed by atoms with van der Waals surface area (Å²) >= 11 is 13.0. The Labute approximate surface area is 147 Å². The highest BCUT2D eigenvalue weighted by Gasteiger charge is 2.17. The van der Waals surface area contributed by atoms with Crippen LogP contribution in [0.15, 0.2) is 48.5 Å². The second kappa shape index (κ2) is 7.08. The normalized spacial score (nSPS) is 10.5. The van der Waals surface area contributed by atoms with Gasteiger partial charge < -0.3 is 5.32 Å². The first-order chi connectivity index (χ1) is 11.1. The summed E-state index contributed by atoms with van der Waals surface area (Å²) in [5.74, 6) is -0.232. The number of aromatic nitrogens is 2. The molecule has 0 bridgehead atoms. The van der Waals surface area contributed by atoms with Crippen molar-refractivity contribution in [3.63, 3.8) is 0 Å². The molecule has 1 N–H and O–H groups in total. The minimum Gasteiger partial charge on any atom is -0.347 e. The van der Waals surface area contributed by atoms with Crippen LogP contribution in [0.25, 0.3) is 11.3 Å². The van der Waals surface area contributed by atoms with Crippen molar-refractivity contribution in [3.05, 3.63) is 69.0 Å². The Kier molecular flexibility index (Phi) is 4.91. The van der Waals surface area contributed by atoms with E-state index in [0.29, 0.717) is 27.2 Å².